The summed E-state index contributed by atoms with van der Waals surface area (Å²) in [7, 11) is 1.79. The van der Waals surface area contributed by atoms with Gasteiger partial charge in [-0.05, 0) is 18.6 Å². The number of nitrogens with one attached hydrogen (secondary N) is 3. The highest BCUT2D eigenvalue weighted by Gasteiger charge is 2.26. The summed E-state index contributed by atoms with van der Waals surface area (Å²) >= 11 is 0. The molecule has 1 aromatic carbocycles. The number of nitrogens with zero attached hydrogens (tertiary/aromatic N) is 3. The Morgan fingerprint density at radius 3 is 2.86 bits per heavy atom. The third-order valence-electron chi connectivity index (χ3n) is 5.43. The summed E-state index contributed by atoms with van der Waals surface area (Å²) in [4.78, 5) is 20.1. The minimum atomic E-state index is -0.0156. The highest BCUT2D eigenvalue weighted by molar-refractivity contribution is 5.83. The largest absolute Gasteiger partial charge is 0.365 e. The Balaban J connectivity index is 1.55. The standard InChI is InChI=1S/C21H22N6O/c1-13-24-19-20(27(13)11-14-6-4-3-5-7-14)25-17(10-23-19)16-12-26(2)21(28)18-15(16)8-9-22-18/h3-9,12,17,22-23,25H,10-11H2,1-2H3. The molecule has 1 unspecified atom stereocenters. The number of benzene rings is 1. The average Bonchev–Trinajstić information content (AvgIpc) is 3.31. The quantitative estimate of drug-likeness (QED) is 0.515. The van der Waals surface area contributed by atoms with Gasteiger partial charge in [0.15, 0.2) is 11.6 Å². The summed E-state index contributed by atoms with van der Waals surface area (Å²) in [6, 6.07) is 12.4. The molecule has 0 saturated carbocycles. The number of hydrogen-bond donors (Lipinski definition) is 3. The number of aromatic nitrogens is 4. The lowest BCUT2D eigenvalue weighted by atomic mass is 10.0. The molecule has 3 aromatic heterocycles. The molecule has 0 fully saturated rings. The number of imidazole rings is 1. The minimum Gasteiger partial charge on any atom is -0.365 e. The predicted molar refractivity (Wildman–Crippen MR) is 111 cm³/mol. The average molecular weight is 374 g/mol. The monoisotopic (exact) mass is 374 g/mol. The van der Waals surface area contributed by atoms with Crippen molar-refractivity contribution in [2.75, 3.05) is 17.2 Å². The molecule has 1 aliphatic rings. The molecule has 28 heavy (non-hydrogen) atoms. The first kappa shape index (κ1) is 16.7. The van der Waals surface area contributed by atoms with Crippen LogP contribution in [0.4, 0.5) is 11.6 Å². The highest BCUT2D eigenvalue weighted by atomic mass is 16.1. The van der Waals surface area contributed by atoms with Gasteiger partial charge in [0.2, 0.25) is 0 Å². The van der Waals surface area contributed by atoms with Crippen LogP contribution in [0.5, 0.6) is 0 Å². The molecule has 7 heteroatoms. The van der Waals surface area contributed by atoms with Gasteiger partial charge in [0, 0.05) is 36.9 Å². The molecule has 1 atom stereocenters. The lowest BCUT2D eigenvalue weighted by molar-refractivity contribution is 0.726. The summed E-state index contributed by atoms with van der Waals surface area (Å²) in [6.07, 6.45) is 3.74. The van der Waals surface area contributed by atoms with E-state index in [-0.39, 0.29) is 11.6 Å². The zero-order valence-electron chi connectivity index (χ0n) is 15.9. The molecular weight excluding hydrogens is 352 g/mol. The van der Waals surface area contributed by atoms with Crippen LogP contribution in [0.2, 0.25) is 0 Å². The molecule has 0 radical (unpaired) electrons. The van der Waals surface area contributed by atoms with Crippen molar-refractivity contribution in [3.8, 4) is 0 Å². The summed E-state index contributed by atoms with van der Waals surface area (Å²) in [5, 5.41) is 8.07. The van der Waals surface area contributed by atoms with Crippen molar-refractivity contribution in [3.63, 3.8) is 0 Å². The molecule has 0 spiro atoms. The lowest BCUT2D eigenvalue weighted by Crippen LogP contribution is -2.29. The van der Waals surface area contributed by atoms with Crippen LogP contribution >= 0.6 is 0 Å². The Bertz CT molecular complexity index is 1220. The Kier molecular flexibility index (Phi) is 3.75. The van der Waals surface area contributed by atoms with Crippen LogP contribution in [0.3, 0.4) is 0 Å². The third-order valence-corrected chi connectivity index (χ3v) is 5.43. The summed E-state index contributed by atoms with van der Waals surface area (Å²) in [5.41, 5.74) is 2.94. The van der Waals surface area contributed by atoms with Crippen molar-refractivity contribution < 1.29 is 0 Å². The number of rotatable bonds is 3. The first-order valence-corrected chi connectivity index (χ1v) is 9.40. The molecule has 3 N–H and O–H groups in total. The van der Waals surface area contributed by atoms with E-state index >= 15 is 0 Å². The minimum absolute atomic E-state index is 0.0156. The number of aromatic amines is 1. The second-order valence-corrected chi connectivity index (χ2v) is 7.27. The van der Waals surface area contributed by atoms with Gasteiger partial charge < -0.3 is 24.8 Å². The normalized spacial score (nSPS) is 15.9. The van der Waals surface area contributed by atoms with Gasteiger partial charge in [0.25, 0.3) is 5.56 Å². The smallest absolute Gasteiger partial charge is 0.274 e. The molecule has 4 heterocycles. The highest BCUT2D eigenvalue weighted by Crippen LogP contribution is 2.34. The summed E-state index contributed by atoms with van der Waals surface area (Å²) < 4.78 is 3.83. The maximum absolute atomic E-state index is 12.4. The van der Waals surface area contributed by atoms with E-state index in [4.69, 9.17) is 0 Å². The fourth-order valence-corrected chi connectivity index (χ4v) is 3.97. The topological polar surface area (TPSA) is 79.7 Å². The Morgan fingerprint density at radius 2 is 2.04 bits per heavy atom. The molecule has 7 nitrogen and oxygen atoms in total. The van der Waals surface area contributed by atoms with Crippen LogP contribution in [0.1, 0.15) is 23.0 Å². The van der Waals surface area contributed by atoms with Crippen molar-refractivity contribution in [2.45, 2.75) is 19.5 Å². The third kappa shape index (κ3) is 2.58. The Hall–Kier alpha value is -3.48. The van der Waals surface area contributed by atoms with Crippen molar-refractivity contribution in [1.29, 1.82) is 0 Å². The summed E-state index contributed by atoms with van der Waals surface area (Å²) in [5.74, 6) is 2.82. The van der Waals surface area contributed by atoms with Crippen molar-refractivity contribution in [3.05, 3.63) is 76.1 Å². The van der Waals surface area contributed by atoms with E-state index in [0.717, 1.165) is 35.0 Å². The lowest BCUT2D eigenvalue weighted by Gasteiger charge is -2.28. The van der Waals surface area contributed by atoms with Gasteiger partial charge in [-0.2, -0.15) is 0 Å². The first-order valence-electron chi connectivity index (χ1n) is 9.40. The van der Waals surface area contributed by atoms with Gasteiger partial charge >= 0.3 is 0 Å². The fourth-order valence-electron chi connectivity index (χ4n) is 3.97. The molecule has 0 bridgehead atoms. The molecule has 4 aromatic rings. The number of pyridine rings is 1. The molecule has 142 valence electrons. The number of fused-ring (bicyclic) bond motifs is 2. The van der Waals surface area contributed by atoms with E-state index in [1.54, 1.807) is 11.6 Å². The van der Waals surface area contributed by atoms with E-state index in [1.807, 2.05) is 31.5 Å². The first-order chi connectivity index (χ1) is 13.6. The van der Waals surface area contributed by atoms with E-state index in [1.165, 1.54) is 5.56 Å². The second kappa shape index (κ2) is 6.30. The van der Waals surface area contributed by atoms with Crippen molar-refractivity contribution in [1.82, 2.24) is 19.1 Å². The number of hydrogen-bond acceptors (Lipinski definition) is 4. The van der Waals surface area contributed by atoms with Gasteiger partial charge in [-0.1, -0.05) is 30.3 Å². The molecule has 0 amide bonds. The number of anilines is 2. The maximum atomic E-state index is 12.4. The van der Waals surface area contributed by atoms with Gasteiger partial charge in [0.05, 0.1) is 12.6 Å². The molecule has 5 rings (SSSR count). The zero-order valence-corrected chi connectivity index (χ0v) is 15.9. The van der Waals surface area contributed by atoms with E-state index in [2.05, 4.69) is 49.4 Å². The van der Waals surface area contributed by atoms with Gasteiger partial charge in [-0.25, -0.2) is 4.98 Å². The SMILES string of the molecule is Cc1nc2c(n1Cc1ccccc1)NC(c1cn(C)c(=O)c3[nH]ccc13)CN2. The number of aryl methyl sites for hydroxylation is 2. The summed E-state index contributed by atoms with van der Waals surface area (Å²) in [6.45, 7) is 3.48. The zero-order chi connectivity index (χ0) is 19.3. The van der Waals surface area contributed by atoms with Crippen LogP contribution < -0.4 is 16.2 Å². The van der Waals surface area contributed by atoms with E-state index < -0.39 is 0 Å². The van der Waals surface area contributed by atoms with E-state index in [0.29, 0.717) is 12.1 Å². The van der Waals surface area contributed by atoms with Crippen LogP contribution in [-0.2, 0) is 13.6 Å². The van der Waals surface area contributed by atoms with E-state index in [9.17, 15) is 4.79 Å². The maximum Gasteiger partial charge on any atom is 0.274 e. The predicted octanol–water partition coefficient (Wildman–Crippen LogP) is 3.00. The Morgan fingerprint density at radius 1 is 1.21 bits per heavy atom. The van der Waals surface area contributed by atoms with Gasteiger partial charge in [-0.15, -0.1) is 0 Å². The molecule has 1 aliphatic heterocycles. The van der Waals surface area contributed by atoms with Crippen molar-refractivity contribution >= 4 is 22.5 Å². The second-order valence-electron chi connectivity index (χ2n) is 7.27. The van der Waals surface area contributed by atoms with Crippen LogP contribution in [-0.4, -0.2) is 25.6 Å². The van der Waals surface area contributed by atoms with Crippen LogP contribution in [0.15, 0.2) is 53.6 Å². The Labute approximate surface area is 162 Å². The fraction of sp³-hybridized carbons (Fsp3) is 0.238. The van der Waals surface area contributed by atoms with Crippen LogP contribution in [0.25, 0.3) is 10.9 Å². The van der Waals surface area contributed by atoms with Crippen molar-refractivity contribution in [2.24, 2.45) is 7.05 Å². The number of H-pyrrole nitrogens is 1. The van der Waals surface area contributed by atoms with Crippen LogP contribution in [0, 0.1) is 6.92 Å². The molecule has 0 aliphatic carbocycles. The molecular formula is C21H22N6O. The van der Waals surface area contributed by atoms with Gasteiger partial charge in [0.1, 0.15) is 11.3 Å². The molecule has 0 saturated heterocycles. The van der Waals surface area contributed by atoms with Gasteiger partial charge in [-0.3, -0.25) is 4.79 Å².